The van der Waals surface area contributed by atoms with Gasteiger partial charge in [-0.05, 0) is 44.5 Å². The van der Waals surface area contributed by atoms with E-state index in [1.54, 1.807) is 12.0 Å². The van der Waals surface area contributed by atoms with Gasteiger partial charge in [0, 0.05) is 48.7 Å². The lowest BCUT2D eigenvalue weighted by atomic mass is 9.98. The summed E-state index contributed by atoms with van der Waals surface area (Å²) in [6.07, 6.45) is 0.491. The molecule has 2 aromatic rings. The Kier molecular flexibility index (Phi) is 9.48. The first-order chi connectivity index (χ1) is 18.6. The van der Waals surface area contributed by atoms with Gasteiger partial charge in [0.25, 0.3) is 5.91 Å². The second-order valence-electron chi connectivity index (χ2n) is 10.8. The molecule has 210 valence electrons. The standard InChI is InChI=1S/C29H38ClN5O4/c1-29(2,3)31-28(37)34(13-12-33-14-16-39-17-15-33)20-27(36)35-26(23-10-5-6-11-24(23)30)19-25(32-35)21-8-7-9-22(18-21)38-4/h5-11,18,26H,12-17,19-20H2,1-4H3,(H,31,37). The number of amides is 3. The molecule has 9 nitrogen and oxygen atoms in total. The van der Waals surface area contributed by atoms with Crippen LogP contribution in [-0.4, -0.2) is 91.0 Å². The fourth-order valence-electron chi connectivity index (χ4n) is 4.68. The maximum Gasteiger partial charge on any atom is 0.318 e. The van der Waals surface area contributed by atoms with Gasteiger partial charge in [0.2, 0.25) is 0 Å². The van der Waals surface area contributed by atoms with Crippen molar-refractivity contribution in [2.24, 2.45) is 5.10 Å². The summed E-state index contributed by atoms with van der Waals surface area (Å²) in [6.45, 7) is 9.66. The summed E-state index contributed by atoms with van der Waals surface area (Å²) in [7, 11) is 1.62. The maximum atomic E-state index is 13.9. The highest BCUT2D eigenvalue weighted by Gasteiger charge is 2.36. The van der Waals surface area contributed by atoms with Crippen molar-refractivity contribution in [2.45, 2.75) is 38.8 Å². The van der Waals surface area contributed by atoms with Crippen LogP contribution in [0.3, 0.4) is 0 Å². The van der Waals surface area contributed by atoms with Crippen LogP contribution in [0, 0.1) is 0 Å². The van der Waals surface area contributed by atoms with Gasteiger partial charge in [-0.1, -0.05) is 41.9 Å². The van der Waals surface area contributed by atoms with E-state index < -0.39 is 5.54 Å². The van der Waals surface area contributed by atoms with Crippen molar-refractivity contribution < 1.29 is 19.1 Å². The Morgan fingerprint density at radius 1 is 1.15 bits per heavy atom. The molecule has 3 amide bonds. The molecule has 10 heteroatoms. The van der Waals surface area contributed by atoms with Crippen LogP contribution in [0.5, 0.6) is 5.75 Å². The zero-order valence-corrected chi connectivity index (χ0v) is 23.9. The van der Waals surface area contributed by atoms with Gasteiger partial charge >= 0.3 is 6.03 Å². The Morgan fingerprint density at radius 2 is 1.90 bits per heavy atom. The van der Waals surface area contributed by atoms with Gasteiger partial charge in [0.1, 0.15) is 12.3 Å². The molecule has 1 atom stereocenters. The maximum absolute atomic E-state index is 13.9. The lowest BCUT2D eigenvalue weighted by molar-refractivity contribution is -0.133. The molecule has 1 unspecified atom stereocenters. The molecule has 1 N–H and O–H groups in total. The average Bonchev–Trinajstić information content (AvgIpc) is 3.36. The first-order valence-electron chi connectivity index (χ1n) is 13.3. The molecule has 2 aliphatic rings. The number of carbonyl (C=O) groups is 2. The average molecular weight is 556 g/mol. The molecule has 0 saturated carbocycles. The van der Waals surface area contributed by atoms with Crippen LogP contribution in [0.4, 0.5) is 4.79 Å². The molecule has 0 aliphatic carbocycles. The third kappa shape index (κ3) is 7.71. The van der Waals surface area contributed by atoms with E-state index in [-0.39, 0.29) is 24.5 Å². The molecule has 0 aromatic heterocycles. The molecule has 1 saturated heterocycles. The van der Waals surface area contributed by atoms with Crippen LogP contribution >= 0.6 is 11.6 Å². The smallest absolute Gasteiger partial charge is 0.318 e. The third-order valence-electron chi connectivity index (χ3n) is 6.72. The Morgan fingerprint density at radius 3 is 2.59 bits per heavy atom. The van der Waals surface area contributed by atoms with Crippen molar-refractivity contribution in [3.63, 3.8) is 0 Å². The highest BCUT2D eigenvalue weighted by atomic mass is 35.5. The van der Waals surface area contributed by atoms with Crippen LogP contribution < -0.4 is 10.1 Å². The van der Waals surface area contributed by atoms with E-state index in [1.165, 1.54) is 5.01 Å². The third-order valence-corrected chi connectivity index (χ3v) is 7.06. The SMILES string of the molecule is COc1cccc(C2=NN(C(=O)CN(CCN3CCOCC3)C(=O)NC(C)(C)C)C(c3ccccc3Cl)C2)c1. The summed E-state index contributed by atoms with van der Waals surface area (Å²) in [5.74, 6) is 0.436. The highest BCUT2D eigenvalue weighted by Crippen LogP contribution is 2.36. The molecular weight excluding hydrogens is 518 g/mol. The van der Waals surface area contributed by atoms with E-state index in [9.17, 15) is 9.59 Å². The molecule has 0 spiro atoms. The first-order valence-corrected chi connectivity index (χ1v) is 13.7. The number of methoxy groups -OCH3 is 1. The van der Waals surface area contributed by atoms with Crippen molar-refractivity contribution in [1.29, 1.82) is 0 Å². The summed E-state index contributed by atoms with van der Waals surface area (Å²) in [6, 6.07) is 14.4. The predicted molar refractivity (Wildman–Crippen MR) is 152 cm³/mol. The van der Waals surface area contributed by atoms with Gasteiger partial charge in [-0.2, -0.15) is 5.10 Å². The van der Waals surface area contributed by atoms with Crippen molar-refractivity contribution in [3.8, 4) is 5.75 Å². The van der Waals surface area contributed by atoms with Crippen molar-refractivity contribution in [2.75, 3.05) is 53.0 Å². The highest BCUT2D eigenvalue weighted by molar-refractivity contribution is 6.31. The zero-order chi connectivity index (χ0) is 28.0. The van der Waals surface area contributed by atoms with Crippen LogP contribution in [-0.2, 0) is 9.53 Å². The van der Waals surface area contributed by atoms with Gasteiger partial charge in [-0.3, -0.25) is 9.69 Å². The Labute approximate surface area is 235 Å². The van der Waals surface area contributed by atoms with Gasteiger partial charge in [0.15, 0.2) is 0 Å². The summed E-state index contributed by atoms with van der Waals surface area (Å²) >= 11 is 6.58. The van der Waals surface area contributed by atoms with Gasteiger partial charge in [-0.15, -0.1) is 0 Å². The molecule has 0 radical (unpaired) electrons. The van der Waals surface area contributed by atoms with Crippen molar-refractivity contribution in [3.05, 3.63) is 64.7 Å². The minimum Gasteiger partial charge on any atom is -0.497 e. The topological polar surface area (TPSA) is 86.7 Å². The van der Waals surface area contributed by atoms with Crippen molar-refractivity contribution >= 4 is 29.3 Å². The van der Waals surface area contributed by atoms with E-state index in [1.807, 2.05) is 69.3 Å². The fourth-order valence-corrected chi connectivity index (χ4v) is 4.94. The number of ether oxygens (including phenoxy) is 2. The number of hydrogen-bond acceptors (Lipinski definition) is 6. The number of hydrogen-bond donors (Lipinski definition) is 1. The number of urea groups is 1. The van der Waals surface area contributed by atoms with E-state index >= 15 is 0 Å². The second-order valence-corrected chi connectivity index (χ2v) is 11.2. The number of hydrazone groups is 1. The molecule has 1 fully saturated rings. The largest absolute Gasteiger partial charge is 0.497 e. The number of nitrogens with zero attached hydrogens (tertiary/aromatic N) is 4. The van der Waals surface area contributed by atoms with Gasteiger partial charge < -0.3 is 19.7 Å². The number of halogens is 1. The van der Waals surface area contributed by atoms with Crippen LogP contribution in [0.15, 0.2) is 53.6 Å². The molecule has 2 aliphatic heterocycles. The predicted octanol–water partition coefficient (Wildman–Crippen LogP) is 4.17. The monoisotopic (exact) mass is 555 g/mol. The fraction of sp³-hybridized carbons (Fsp3) is 0.483. The Balaban J connectivity index is 1.59. The van der Waals surface area contributed by atoms with Crippen LogP contribution in [0.1, 0.15) is 44.4 Å². The minimum absolute atomic E-state index is 0.109. The quantitative estimate of drug-likeness (QED) is 0.528. The summed E-state index contributed by atoms with van der Waals surface area (Å²) in [5.41, 5.74) is 2.00. The van der Waals surface area contributed by atoms with Gasteiger partial charge in [0.05, 0.1) is 32.1 Å². The zero-order valence-electron chi connectivity index (χ0n) is 23.2. The number of morpholine rings is 1. The molecule has 0 bridgehead atoms. The number of benzene rings is 2. The second kappa shape index (κ2) is 12.8. The number of rotatable bonds is 8. The molecular formula is C29H38ClN5O4. The van der Waals surface area contributed by atoms with E-state index in [2.05, 4.69) is 10.2 Å². The van der Waals surface area contributed by atoms with E-state index in [0.717, 1.165) is 29.9 Å². The van der Waals surface area contributed by atoms with E-state index in [4.69, 9.17) is 26.2 Å². The number of nitrogens with one attached hydrogen (secondary N) is 1. The normalized spacial score (nSPS) is 18.0. The minimum atomic E-state index is -0.442. The molecule has 4 rings (SSSR count). The molecule has 2 heterocycles. The first kappa shape index (κ1) is 28.9. The lowest BCUT2D eigenvalue weighted by Gasteiger charge is -2.33. The van der Waals surface area contributed by atoms with Crippen molar-refractivity contribution in [1.82, 2.24) is 20.1 Å². The molecule has 2 aromatic carbocycles. The lowest BCUT2D eigenvalue weighted by Crippen LogP contribution is -2.53. The molecule has 39 heavy (non-hydrogen) atoms. The Bertz CT molecular complexity index is 1190. The van der Waals surface area contributed by atoms with Crippen LogP contribution in [0.2, 0.25) is 5.02 Å². The Hall–Kier alpha value is -3.14. The summed E-state index contributed by atoms with van der Waals surface area (Å²) in [4.78, 5) is 31.0. The summed E-state index contributed by atoms with van der Waals surface area (Å²) < 4.78 is 10.8. The van der Waals surface area contributed by atoms with Gasteiger partial charge in [-0.25, -0.2) is 9.80 Å². The summed E-state index contributed by atoms with van der Waals surface area (Å²) in [5, 5.41) is 9.83. The number of carbonyl (C=O) groups excluding carboxylic acids is 2. The van der Waals surface area contributed by atoms with Crippen LogP contribution in [0.25, 0.3) is 0 Å². The van der Waals surface area contributed by atoms with E-state index in [0.29, 0.717) is 43.5 Å².